The van der Waals surface area contributed by atoms with Crippen LogP contribution in [0.4, 0.5) is 0 Å². The van der Waals surface area contributed by atoms with E-state index in [2.05, 4.69) is 5.32 Å². The first-order valence-electron chi connectivity index (χ1n) is 5.31. The number of carbonyl (C=O) groups excluding carboxylic acids is 1. The Balaban J connectivity index is 2.57. The zero-order valence-corrected chi connectivity index (χ0v) is 10.3. The third kappa shape index (κ3) is 3.87. The van der Waals surface area contributed by atoms with E-state index in [1.54, 1.807) is 11.8 Å². The number of nitrogens with one attached hydrogen (secondary N) is 1. The molecule has 0 heterocycles. The van der Waals surface area contributed by atoms with Gasteiger partial charge in [-0.25, -0.2) is 0 Å². The Labute approximate surface area is 101 Å². The van der Waals surface area contributed by atoms with Gasteiger partial charge in [-0.2, -0.15) is 11.8 Å². The Morgan fingerprint density at radius 3 is 2.69 bits per heavy atom. The molecule has 0 aliphatic carbocycles. The molecule has 0 radical (unpaired) electrons. The molecule has 1 atom stereocenters. The van der Waals surface area contributed by atoms with E-state index in [1.165, 1.54) is 0 Å². The SMILES string of the molecule is CSCCNC(=O)C(CN)c1ccccc1. The largest absolute Gasteiger partial charge is 0.355 e. The highest BCUT2D eigenvalue weighted by molar-refractivity contribution is 7.98. The molecular weight excluding hydrogens is 220 g/mol. The van der Waals surface area contributed by atoms with Crippen LogP contribution in [0.2, 0.25) is 0 Å². The average molecular weight is 238 g/mol. The molecule has 4 heteroatoms. The monoisotopic (exact) mass is 238 g/mol. The Kier molecular flexibility index (Phi) is 5.96. The van der Waals surface area contributed by atoms with Crippen LogP contribution in [0.1, 0.15) is 11.5 Å². The number of nitrogens with two attached hydrogens (primary N) is 1. The van der Waals surface area contributed by atoms with Crippen LogP contribution in [0.25, 0.3) is 0 Å². The van der Waals surface area contributed by atoms with Crippen LogP contribution in [0, 0.1) is 0 Å². The van der Waals surface area contributed by atoms with Crippen molar-refractivity contribution in [2.24, 2.45) is 5.73 Å². The van der Waals surface area contributed by atoms with Crippen molar-refractivity contribution in [1.82, 2.24) is 5.32 Å². The highest BCUT2D eigenvalue weighted by Gasteiger charge is 2.17. The molecule has 0 bridgehead atoms. The van der Waals surface area contributed by atoms with E-state index < -0.39 is 0 Å². The summed E-state index contributed by atoms with van der Waals surface area (Å²) < 4.78 is 0. The van der Waals surface area contributed by atoms with E-state index in [-0.39, 0.29) is 11.8 Å². The van der Waals surface area contributed by atoms with Crippen molar-refractivity contribution >= 4 is 17.7 Å². The van der Waals surface area contributed by atoms with Crippen molar-refractivity contribution in [2.45, 2.75) is 5.92 Å². The number of hydrogen-bond donors (Lipinski definition) is 2. The van der Waals surface area contributed by atoms with Crippen LogP contribution >= 0.6 is 11.8 Å². The first kappa shape index (κ1) is 13.1. The van der Waals surface area contributed by atoms with Gasteiger partial charge in [-0.05, 0) is 11.8 Å². The van der Waals surface area contributed by atoms with Gasteiger partial charge in [0, 0.05) is 18.8 Å². The second kappa shape index (κ2) is 7.30. The highest BCUT2D eigenvalue weighted by Crippen LogP contribution is 2.13. The van der Waals surface area contributed by atoms with Crippen LogP contribution < -0.4 is 11.1 Å². The van der Waals surface area contributed by atoms with Gasteiger partial charge in [-0.15, -0.1) is 0 Å². The van der Waals surface area contributed by atoms with E-state index in [1.807, 2.05) is 36.6 Å². The van der Waals surface area contributed by atoms with Gasteiger partial charge in [0.05, 0.1) is 5.92 Å². The Morgan fingerprint density at radius 2 is 2.12 bits per heavy atom. The fraction of sp³-hybridized carbons (Fsp3) is 0.417. The number of thioether (sulfide) groups is 1. The summed E-state index contributed by atoms with van der Waals surface area (Å²) in [7, 11) is 0. The summed E-state index contributed by atoms with van der Waals surface area (Å²) in [4.78, 5) is 11.8. The van der Waals surface area contributed by atoms with Crippen LogP contribution in [-0.4, -0.2) is 31.0 Å². The first-order chi connectivity index (χ1) is 7.79. The van der Waals surface area contributed by atoms with Crippen molar-refractivity contribution in [3.8, 4) is 0 Å². The van der Waals surface area contributed by atoms with Gasteiger partial charge in [0.1, 0.15) is 0 Å². The van der Waals surface area contributed by atoms with Gasteiger partial charge in [-0.1, -0.05) is 30.3 Å². The maximum atomic E-state index is 11.8. The van der Waals surface area contributed by atoms with Gasteiger partial charge in [0.25, 0.3) is 0 Å². The molecular formula is C12H18N2OS. The summed E-state index contributed by atoms with van der Waals surface area (Å²) >= 11 is 1.71. The summed E-state index contributed by atoms with van der Waals surface area (Å²) in [6.45, 7) is 1.04. The lowest BCUT2D eigenvalue weighted by Crippen LogP contribution is -2.34. The summed E-state index contributed by atoms with van der Waals surface area (Å²) in [5.74, 6) is 0.712. The van der Waals surface area contributed by atoms with E-state index in [4.69, 9.17) is 5.73 Å². The average Bonchev–Trinajstić information content (AvgIpc) is 2.32. The standard InChI is InChI=1S/C12H18N2OS/c1-16-8-7-14-12(15)11(9-13)10-5-3-2-4-6-10/h2-6,11H,7-9,13H2,1H3,(H,14,15). The molecule has 0 saturated carbocycles. The lowest BCUT2D eigenvalue weighted by atomic mass is 9.98. The molecule has 1 aromatic carbocycles. The Morgan fingerprint density at radius 1 is 1.44 bits per heavy atom. The molecule has 1 amide bonds. The van der Waals surface area contributed by atoms with Crippen LogP contribution in [0.15, 0.2) is 30.3 Å². The minimum Gasteiger partial charge on any atom is -0.355 e. The number of benzene rings is 1. The Bertz CT molecular complexity index is 316. The number of carbonyl (C=O) groups is 1. The number of rotatable bonds is 6. The normalized spacial score (nSPS) is 12.1. The zero-order chi connectivity index (χ0) is 11.8. The highest BCUT2D eigenvalue weighted by atomic mass is 32.2. The number of hydrogen-bond acceptors (Lipinski definition) is 3. The van der Waals surface area contributed by atoms with E-state index >= 15 is 0 Å². The fourth-order valence-electron chi connectivity index (χ4n) is 1.48. The summed E-state index contributed by atoms with van der Waals surface area (Å²) in [5.41, 5.74) is 6.62. The quantitative estimate of drug-likeness (QED) is 0.732. The van der Waals surface area contributed by atoms with E-state index in [9.17, 15) is 4.79 Å². The van der Waals surface area contributed by atoms with Crippen LogP contribution in [0.3, 0.4) is 0 Å². The summed E-state index contributed by atoms with van der Waals surface area (Å²) in [6, 6.07) is 9.65. The van der Waals surface area contributed by atoms with Gasteiger partial charge >= 0.3 is 0 Å². The molecule has 1 aromatic rings. The third-order valence-corrected chi connectivity index (χ3v) is 2.97. The lowest BCUT2D eigenvalue weighted by molar-refractivity contribution is -0.122. The van der Waals surface area contributed by atoms with Gasteiger partial charge < -0.3 is 11.1 Å². The van der Waals surface area contributed by atoms with Gasteiger partial charge in [0.2, 0.25) is 5.91 Å². The second-order valence-corrected chi connectivity index (χ2v) is 4.47. The van der Waals surface area contributed by atoms with Crippen molar-refractivity contribution in [3.05, 3.63) is 35.9 Å². The Hall–Kier alpha value is -1.00. The van der Waals surface area contributed by atoms with Gasteiger partial charge in [0.15, 0.2) is 0 Å². The molecule has 88 valence electrons. The van der Waals surface area contributed by atoms with E-state index in [0.29, 0.717) is 13.1 Å². The van der Waals surface area contributed by atoms with Crippen molar-refractivity contribution < 1.29 is 4.79 Å². The molecule has 1 unspecified atom stereocenters. The van der Waals surface area contributed by atoms with E-state index in [0.717, 1.165) is 11.3 Å². The van der Waals surface area contributed by atoms with Crippen LogP contribution in [0.5, 0.6) is 0 Å². The maximum absolute atomic E-state index is 11.8. The van der Waals surface area contributed by atoms with Crippen molar-refractivity contribution in [2.75, 3.05) is 25.1 Å². The third-order valence-electron chi connectivity index (χ3n) is 2.36. The topological polar surface area (TPSA) is 55.1 Å². The minimum absolute atomic E-state index is 0.0164. The molecule has 0 aromatic heterocycles. The van der Waals surface area contributed by atoms with Crippen molar-refractivity contribution in [1.29, 1.82) is 0 Å². The van der Waals surface area contributed by atoms with Gasteiger partial charge in [-0.3, -0.25) is 4.79 Å². The minimum atomic E-state index is -0.233. The molecule has 0 spiro atoms. The lowest BCUT2D eigenvalue weighted by Gasteiger charge is -2.14. The summed E-state index contributed by atoms with van der Waals surface area (Å²) in [5, 5.41) is 2.89. The second-order valence-electron chi connectivity index (χ2n) is 3.48. The molecule has 3 N–H and O–H groups in total. The maximum Gasteiger partial charge on any atom is 0.228 e. The zero-order valence-electron chi connectivity index (χ0n) is 9.48. The summed E-state index contributed by atoms with van der Waals surface area (Å²) in [6.07, 6.45) is 2.02. The molecule has 0 saturated heterocycles. The molecule has 16 heavy (non-hydrogen) atoms. The smallest absolute Gasteiger partial charge is 0.228 e. The number of amides is 1. The molecule has 0 aliphatic rings. The van der Waals surface area contributed by atoms with Crippen molar-refractivity contribution in [3.63, 3.8) is 0 Å². The predicted octanol–water partition coefficient (Wildman–Crippen LogP) is 1.21. The molecule has 3 nitrogen and oxygen atoms in total. The predicted molar refractivity (Wildman–Crippen MR) is 69.6 cm³/mol. The van der Waals surface area contributed by atoms with Crippen LogP contribution in [-0.2, 0) is 4.79 Å². The molecule has 0 fully saturated rings. The molecule has 0 aliphatic heterocycles. The first-order valence-corrected chi connectivity index (χ1v) is 6.70. The fourth-order valence-corrected chi connectivity index (χ4v) is 1.79. The molecule has 1 rings (SSSR count).